The van der Waals surface area contributed by atoms with E-state index in [1.54, 1.807) is 12.1 Å². The van der Waals surface area contributed by atoms with Crippen LogP contribution in [0.5, 0.6) is 0 Å². The third-order valence-corrected chi connectivity index (χ3v) is 4.87. The molecule has 0 saturated carbocycles. The lowest BCUT2D eigenvalue weighted by Gasteiger charge is -2.07. The molecular weight excluding hydrogens is 352 g/mol. The van der Waals surface area contributed by atoms with Crippen molar-refractivity contribution in [2.45, 2.75) is 10.6 Å². The number of rotatable bonds is 5. The van der Waals surface area contributed by atoms with E-state index in [1.165, 1.54) is 36.4 Å². The molecule has 0 aromatic heterocycles. The van der Waals surface area contributed by atoms with Crippen molar-refractivity contribution in [2.24, 2.45) is 5.14 Å². The average molecular weight is 368 g/mol. The number of primary sulfonamides is 1. The van der Waals surface area contributed by atoms with E-state index in [-0.39, 0.29) is 10.6 Å². The second kappa shape index (κ2) is 6.71. The van der Waals surface area contributed by atoms with Crippen LogP contribution in [0.1, 0.15) is 15.9 Å². The van der Waals surface area contributed by atoms with E-state index in [1.807, 2.05) is 0 Å². The van der Waals surface area contributed by atoms with E-state index < -0.39 is 25.8 Å². The van der Waals surface area contributed by atoms with E-state index in [9.17, 15) is 21.6 Å². The van der Waals surface area contributed by atoms with Gasteiger partial charge in [0.2, 0.25) is 10.0 Å². The van der Waals surface area contributed by atoms with Crippen LogP contribution in [0, 0.1) is 0 Å². The Labute approximate surface area is 140 Å². The molecule has 0 aliphatic carbocycles. The Balaban J connectivity index is 2.09. The monoisotopic (exact) mass is 368 g/mol. The fourth-order valence-electron chi connectivity index (χ4n) is 1.99. The minimum absolute atomic E-state index is 0.0503. The standard InChI is InChI=1S/C15H16N2O5S2/c1-23(19,20)10-11-2-4-12(5-3-11)15(18)17-13-6-8-14(9-7-13)24(16,21)22/h2-9H,10H2,1H3,(H,17,18)(H2,16,21,22). The number of carbonyl (C=O) groups is 1. The van der Waals surface area contributed by atoms with Gasteiger partial charge in [0.15, 0.2) is 9.84 Å². The van der Waals surface area contributed by atoms with Crippen LogP contribution in [0.3, 0.4) is 0 Å². The Morgan fingerprint density at radius 3 is 1.96 bits per heavy atom. The summed E-state index contributed by atoms with van der Waals surface area (Å²) in [6, 6.07) is 11.6. The molecule has 0 aliphatic heterocycles. The van der Waals surface area contributed by atoms with Gasteiger partial charge >= 0.3 is 0 Å². The van der Waals surface area contributed by atoms with Crippen LogP contribution >= 0.6 is 0 Å². The van der Waals surface area contributed by atoms with E-state index in [0.717, 1.165) is 6.26 Å². The molecule has 128 valence electrons. The van der Waals surface area contributed by atoms with Crippen LogP contribution in [0.2, 0.25) is 0 Å². The number of amides is 1. The fraction of sp³-hybridized carbons (Fsp3) is 0.133. The van der Waals surface area contributed by atoms with Crippen LogP contribution in [-0.2, 0) is 25.6 Å². The normalized spacial score (nSPS) is 11.9. The molecule has 0 bridgehead atoms. The number of carbonyl (C=O) groups excluding carboxylic acids is 1. The lowest BCUT2D eigenvalue weighted by Crippen LogP contribution is -2.14. The molecule has 0 heterocycles. The van der Waals surface area contributed by atoms with Gasteiger partial charge in [-0.2, -0.15) is 0 Å². The van der Waals surface area contributed by atoms with E-state index >= 15 is 0 Å². The van der Waals surface area contributed by atoms with Gasteiger partial charge in [-0.15, -0.1) is 0 Å². The van der Waals surface area contributed by atoms with Gasteiger partial charge in [0.1, 0.15) is 0 Å². The summed E-state index contributed by atoms with van der Waals surface area (Å²) < 4.78 is 44.8. The molecule has 0 spiro atoms. The predicted octanol–water partition coefficient (Wildman–Crippen LogP) is 1.13. The second-order valence-corrected chi connectivity index (χ2v) is 8.99. The van der Waals surface area contributed by atoms with Crippen LogP contribution in [0.25, 0.3) is 0 Å². The highest BCUT2D eigenvalue weighted by Gasteiger charge is 2.10. The number of nitrogens with two attached hydrogens (primary N) is 1. The SMILES string of the molecule is CS(=O)(=O)Cc1ccc(C(=O)Nc2ccc(S(N)(=O)=O)cc2)cc1. The molecule has 0 aliphatic rings. The predicted molar refractivity (Wildman–Crippen MR) is 90.8 cm³/mol. The lowest BCUT2D eigenvalue weighted by atomic mass is 10.1. The molecule has 0 fully saturated rings. The lowest BCUT2D eigenvalue weighted by molar-refractivity contribution is 0.102. The van der Waals surface area contributed by atoms with Crippen LogP contribution in [0.15, 0.2) is 53.4 Å². The summed E-state index contributed by atoms with van der Waals surface area (Å²) in [5.74, 6) is -0.492. The Hall–Kier alpha value is -2.23. The highest BCUT2D eigenvalue weighted by atomic mass is 32.2. The number of sulfonamides is 1. The topological polar surface area (TPSA) is 123 Å². The van der Waals surface area contributed by atoms with E-state index in [0.29, 0.717) is 16.8 Å². The maximum absolute atomic E-state index is 12.1. The molecule has 2 rings (SSSR count). The first-order valence-electron chi connectivity index (χ1n) is 6.75. The zero-order valence-electron chi connectivity index (χ0n) is 12.8. The molecule has 9 heteroatoms. The number of nitrogens with one attached hydrogen (secondary N) is 1. The molecule has 2 aromatic rings. The van der Waals surface area contributed by atoms with E-state index in [4.69, 9.17) is 5.14 Å². The van der Waals surface area contributed by atoms with Gasteiger partial charge < -0.3 is 5.32 Å². The summed E-state index contributed by atoms with van der Waals surface area (Å²) in [5, 5.41) is 7.61. The Kier molecular flexibility index (Phi) is 5.07. The van der Waals surface area contributed by atoms with Gasteiger partial charge in [-0.3, -0.25) is 4.79 Å². The highest BCUT2D eigenvalue weighted by molar-refractivity contribution is 7.90. The molecule has 0 radical (unpaired) electrons. The van der Waals surface area contributed by atoms with Gasteiger partial charge in [-0.1, -0.05) is 12.1 Å². The van der Waals surface area contributed by atoms with Crippen molar-refractivity contribution < 1.29 is 21.6 Å². The summed E-state index contributed by atoms with van der Waals surface area (Å²) in [6.45, 7) is 0. The first kappa shape index (κ1) is 18.1. The molecule has 1 amide bonds. The van der Waals surface area contributed by atoms with Gasteiger partial charge in [-0.05, 0) is 42.0 Å². The first-order valence-corrected chi connectivity index (χ1v) is 10.4. The molecule has 3 N–H and O–H groups in total. The maximum atomic E-state index is 12.1. The number of benzene rings is 2. The number of sulfone groups is 1. The summed E-state index contributed by atoms with van der Waals surface area (Å²) >= 11 is 0. The van der Waals surface area contributed by atoms with Gasteiger partial charge in [0, 0.05) is 17.5 Å². The van der Waals surface area contributed by atoms with Crippen LogP contribution in [0.4, 0.5) is 5.69 Å². The molecule has 7 nitrogen and oxygen atoms in total. The van der Waals surface area contributed by atoms with Crippen molar-refractivity contribution in [1.82, 2.24) is 0 Å². The summed E-state index contributed by atoms with van der Waals surface area (Å²) in [4.78, 5) is 12.1. The van der Waals surface area contributed by atoms with Gasteiger partial charge in [-0.25, -0.2) is 22.0 Å². The van der Waals surface area contributed by atoms with Crippen molar-refractivity contribution in [3.8, 4) is 0 Å². The smallest absolute Gasteiger partial charge is 0.255 e. The zero-order valence-corrected chi connectivity index (χ0v) is 14.4. The maximum Gasteiger partial charge on any atom is 0.255 e. The quantitative estimate of drug-likeness (QED) is 0.819. The summed E-state index contributed by atoms with van der Waals surface area (Å²) in [5.41, 5.74) is 1.35. The molecule has 2 aromatic carbocycles. The molecular formula is C15H16N2O5S2. The van der Waals surface area contributed by atoms with Crippen LogP contribution < -0.4 is 10.5 Å². The van der Waals surface area contributed by atoms with Crippen molar-refractivity contribution >= 4 is 31.5 Å². The fourth-order valence-corrected chi connectivity index (χ4v) is 3.30. The van der Waals surface area contributed by atoms with Crippen molar-refractivity contribution in [2.75, 3.05) is 11.6 Å². The van der Waals surface area contributed by atoms with Gasteiger partial charge in [0.25, 0.3) is 5.91 Å². The summed E-state index contributed by atoms with van der Waals surface area (Å²) in [6.07, 6.45) is 1.14. The first-order chi connectivity index (χ1) is 11.0. The van der Waals surface area contributed by atoms with Crippen molar-refractivity contribution in [1.29, 1.82) is 0 Å². The summed E-state index contributed by atoms with van der Waals surface area (Å²) in [7, 11) is -6.92. The zero-order chi connectivity index (χ0) is 18.0. The third-order valence-electron chi connectivity index (χ3n) is 3.09. The number of hydrogen-bond acceptors (Lipinski definition) is 5. The molecule has 24 heavy (non-hydrogen) atoms. The van der Waals surface area contributed by atoms with E-state index in [2.05, 4.69) is 5.32 Å². The molecule has 0 atom stereocenters. The molecule has 0 unspecified atom stereocenters. The Morgan fingerprint density at radius 2 is 1.50 bits per heavy atom. The minimum atomic E-state index is -3.78. The minimum Gasteiger partial charge on any atom is -0.322 e. The average Bonchev–Trinajstić information content (AvgIpc) is 2.46. The second-order valence-electron chi connectivity index (χ2n) is 5.29. The van der Waals surface area contributed by atoms with Crippen molar-refractivity contribution in [3.05, 3.63) is 59.7 Å². The highest BCUT2D eigenvalue weighted by Crippen LogP contribution is 2.14. The largest absolute Gasteiger partial charge is 0.322 e. The third kappa shape index (κ3) is 5.15. The Morgan fingerprint density at radius 1 is 0.958 bits per heavy atom. The number of hydrogen-bond donors (Lipinski definition) is 2. The van der Waals surface area contributed by atoms with Gasteiger partial charge in [0.05, 0.1) is 10.6 Å². The number of anilines is 1. The Bertz CT molecular complexity index is 948. The molecule has 0 saturated heterocycles. The van der Waals surface area contributed by atoms with Crippen LogP contribution in [-0.4, -0.2) is 29.0 Å². The van der Waals surface area contributed by atoms with Crippen molar-refractivity contribution in [3.63, 3.8) is 0 Å².